The molecule has 0 radical (unpaired) electrons. The first-order valence-electron chi connectivity index (χ1n) is 10.2. The summed E-state index contributed by atoms with van der Waals surface area (Å²) < 4.78 is 33.1. The summed E-state index contributed by atoms with van der Waals surface area (Å²) >= 11 is 0. The minimum atomic E-state index is -3.88. The van der Waals surface area contributed by atoms with E-state index in [0.717, 1.165) is 50.6 Å². The number of hydrogen-bond acceptors (Lipinski definition) is 4. The largest absolute Gasteiger partial charge is 0.470 e. The van der Waals surface area contributed by atoms with Gasteiger partial charge in [0.25, 0.3) is 0 Å². The molecule has 1 aromatic heterocycles. The lowest BCUT2D eigenvalue weighted by molar-refractivity contribution is 0.125. The minimum absolute atomic E-state index is 0.402. The van der Waals surface area contributed by atoms with Crippen LogP contribution in [0.15, 0.2) is 43.0 Å². The van der Waals surface area contributed by atoms with Crippen LogP contribution in [0.5, 0.6) is 5.75 Å². The number of primary sulfonamides is 1. The molecule has 2 rings (SSSR count). The lowest BCUT2D eigenvalue weighted by atomic mass is 10.0. The van der Waals surface area contributed by atoms with Gasteiger partial charge in [-0.3, -0.25) is 0 Å². The van der Waals surface area contributed by atoms with E-state index in [-0.39, 0.29) is 0 Å². The summed E-state index contributed by atoms with van der Waals surface area (Å²) in [6.45, 7) is 4.20. The van der Waals surface area contributed by atoms with Crippen molar-refractivity contribution in [3.8, 4) is 11.4 Å². The number of ether oxygens (including phenoxy) is 1. The summed E-state index contributed by atoms with van der Waals surface area (Å²) in [6, 6.07) is 7.34. The molecule has 2 aromatic rings. The smallest absolute Gasteiger partial charge is 0.250 e. The normalized spacial score (nSPS) is 14.0. The Kier molecular flexibility index (Phi) is 8.51. The van der Waals surface area contributed by atoms with Crippen LogP contribution in [0.2, 0.25) is 0 Å². The molecule has 0 aliphatic carbocycles. The van der Waals surface area contributed by atoms with Gasteiger partial charge in [0, 0.05) is 30.9 Å². The van der Waals surface area contributed by atoms with E-state index < -0.39 is 15.0 Å². The first-order valence-corrected chi connectivity index (χ1v) is 11.8. The highest BCUT2D eigenvalue weighted by Gasteiger charge is 2.43. The van der Waals surface area contributed by atoms with Crippen LogP contribution in [0.3, 0.4) is 0 Å². The lowest BCUT2D eigenvalue weighted by Crippen LogP contribution is -2.48. The molecule has 0 fully saturated rings. The summed E-state index contributed by atoms with van der Waals surface area (Å²) in [4.78, 5) is 2.67. The number of imidazole rings is 1. The Morgan fingerprint density at radius 2 is 1.64 bits per heavy atom. The quantitative estimate of drug-likeness (QED) is 0.484. The molecule has 0 saturated carbocycles. The Labute approximate surface area is 169 Å². The van der Waals surface area contributed by atoms with Crippen molar-refractivity contribution in [2.75, 3.05) is 0 Å². The van der Waals surface area contributed by atoms with E-state index in [1.54, 1.807) is 24.7 Å². The Balaban J connectivity index is 2.19. The van der Waals surface area contributed by atoms with Crippen LogP contribution >= 0.6 is 0 Å². The van der Waals surface area contributed by atoms with E-state index in [1.807, 2.05) is 29.8 Å². The maximum atomic E-state index is 12.6. The van der Waals surface area contributed by atoms with E-state index in [4.69, 9.17) is 9.88 Å². The highest BCUT2D eigenvalue weighted by atomic mass is 32.2. The molecule has 0 aliphatic rings. The van der Waals surface area contributed by atoms with E-state index in [1.165, 1.54) is 0 Å². The Hall–Kier alpha value is -1.86. The van der Waals surface area contributed by atoms with E-state index >= 15 is 0 Å². The third-order valence-corrected chi connectivity index (χ3v) is 6.56. The number of nitrogens with two attached hydrogens (primary N) is 1. The third-order valence-electron chi connectivity index (χ3n) is 5.03. The standard InChI is InChI=1S/C21H33N3O3S/c1-3-5-7-8-9-15-21(14-6-4-2,28(22,25)26)27-20-12-10-19(11-13-20)24-17-16-23-18-24/h10-13,16-18H,3-9,14-15H2,1-2H3,(H2,22,25,26). The molecule has 1 atom stereocenters. The molecule has 156 valence electrons. The molecule has 6 nitrogen and oxygen atoms in total. The zero-order chi connectivity index (χ0) is 20.5. The topological polar surface area (TPSA) is 87.2 Å². The van der Waals surface area contributed by atoms with Crippen LogP contribution in [-0.4, -0.2) is 22.9 Å². The molecule has 1 aromatic carbocycles. The molecule has 0 bridgehead atoms. The molecule has 0 aliphatic heterocycles. The van der Waals surface area contributed by atoms with Crippen LogP contribution in [0, 0.1) is 0 Å². The second-order valence-corrected chi connectivity index (χ2v) is 9.12. The van der Waals surface area contributed by atoms with Crippen LogP contribution < -0.4 is 9.88 Å². The second-order valence-electron chi connectivity index (χ2n) is 7.29. The average molecular weight is 408 g/mol. The van der Waals surface area contributed by atoms with Gasteiger partial charge in [-0.15, -0.1) is 0 Å². The fourth-order valence-corrected chi connectivity index (χ4v) is 4.40. The van der Waals surface area contributed by atoms with Gasteiger partial charge in [-0.05, 0) is 37.1 Å². The zero-order valence-electron chi connectivity index (χ0n) is 17.0. The molecule has 0 amide bonds. The van der Waals surface area contributed by atoms with Crippen LogP contribution in [0.1, 0.15) is 71.6 Å². The van der Waals surface area contributed by atoms with E-state index in [0.29, 0.717) is 18.6 Å². The SMILES string of the molecule is CCCCCCCC(CCCC)(Oc1ccc(-n2ccnc2)cc1)S(N)(=O)=O. The first kappa shape index (κ1) is 22.4. The zero-order valence-corrected chi connectivity index (χ0v) is 17.8. The monoisotopic (exact) mass is 407 g/mol. The molecular formula is C21H33N3O3S. The van der Waals surface area contributed by atoms with Crippen LogP contribution in [-0.2, 0) is 10.0 Å². The number of rotatable bonds is 13. The predicted octanol–water partition coefficient (Wildman–Crippen LogP) is 4.79. The number of sulfonamides is 1. The summed E-state index contributed by atoms with van der Waals surface area (Å²) in [7, 11) is -3.88. The molecule has 1 unspecified atom stereocenters. The number of aromatic nitrogens is 2. The van der Waals surface area contributed by atoms with Crippen molar-refractivity contribution >= 4 is 10.0 Å². The Bertz CT molecular complexity index is 789. The van der Waals surface area contributed by atoms with Gasteiger partial charge >= 0.3 is 0 Å². The van der Waals surface area contributed by atoms with Crippen molar-refractivity contribution in [3.05, 3.63) is 43.0 Å². The molecular weight excluding hydrogens is 374 g/mol. The molecule has 0 saturated heterocycles. The number of nitrogens with zero attached hydrogens (tertiary/aromatic N) is 2. The Morgan fingerprint density at radius 1 is 1.00 bits per heavy atom. The van der Waals surface area contributed by atoms with E-state index in [9.17, 15) is 8.42 Å². The van der Waals surface area contributed by atoms with Gasteiger partial charge in [0.1, 0.15) is 5.75 Å². The minimum Gasteiger partial charge on any atom is -0.470 e. The van der Waals surface area contributed by atoms with Crippen molar-refractivity contribution in [2.45, 2.75) is 76.6 Å². The van der Waals surface area contributed by atoms with Gasteiger partial charge in [0.05, 0.1) is 6.33 Å². The summed E-state index contributed by atoms with van der Waals surface area (Å²) in [5, 5.41) is 5.69. The van der Waals surface area contributed by atoms with Crippen molar-refractivity contribution < 1.29 is 13.2 Å². The maximum absolute atomic E-state index is 12.6. The predicted molar refractivity (Wildman–Crippen MR) is 113 cm³/mol. The van der Waals surface area contributed by atoms with Gasteiger partial charge in [-0.25, -0.2) is 18.5 Å². The summed E-state index contributed by atoms with van der Waals surface area (Å²) in [5.41, 5.74) is 0.930. The summed E-state index contributed by atoms with van der Waals surface area (Å²) in [5.74, 6) is 0.516. The van der Waals surface area contributed by atoms with Crippen LogP contribution in [0.4, 0.5) is 0 Å². The molecule has 1 heterocycles. The number of unbranched alkanes of at least 4 members (excludes halogenated alkanes) is 5. The van der Waals surface area contributed by atoms with E-state index in [2.05, 4.69) is 11.9 Å². The number of hydrogen-bond donors (Lipinski definition) is 1. The third kappa shape index (κ3) is 6.07. The van der Waals surface area contributed by atoms with Gasteiger partial charge in [0.2, 0.25) is 15.0 Å². The highest BCUT2D eigenvalue weighted by molar-refractivity contribution is 7.90. The first-order chi connectivity index (χ1) is 13.4. The molecule has 28 heavy (non-hydrogen) atoms. The number of benzene rings is 1. The molecule has 2 N–H and O–H groups in total. The molecule has 7 heteroatoms. The highest BCUT2D eigenvalue weighted by Crippen LogP contribution is 2.33. The lowest BCUT2D eigenvalue weighted by Gasteiger charge is -2.32. The van der Waals surface area contributed by atoms with Crippen LogP contribution in [0.25, 0.3) is 5.69 Å². The second kappa shape index (κ2) is 10.6. The van der Waals surface area contributed by atoms with Gasteiger partial charge in [0.15, 0.2) is 0 Å². The van der Waals surface area contributed by atoms with Crippen molar-refractivity contribution in [1.29, 1.82) is 0 Å². The molecule has 0 spiro atoms. The average Bonchev–Trinajstić information content (AvgIpc) is 3.20. The van der Waals surface area contributed by atoms with Gasteiger partial charge in [-0.2, -0.15) is 0 Å². The van der Waals surface area contributed by atoms with Gasteiger partial charge < -0.3 is 9.30 Å². The summed E-state index contributed by atoms with van der Waals surface area (Å²) in [6.07, 6.45) is 12.9. The Morgan fingerprint density at radius 3 is 2.21 bits per heavy atom. The fourth-order valence-electron chi connectivity index (χ4n) is 3.33. The fraction of sp³-hybridized carbons (Fsp3) is 0.571. The van der Waals surface area contributed by atoms with Crippen molar-refractivity contribution in [2.24, 2.45) is 5.14 Å². The van der Waals surface area contributed by atoms with Crippen molar-refractivity contribution in [3.63, 3.8) is 0 Å². The van der Waals surface area contributed by atoms with Crippen molar-refractivity contribution in [1.82, 2.24) is 9.55 Å². The maximum Gasteiger partial charge on any atom is 0.250 e. The van der Waals surface area contributed by atoms with Gasteiger partial charge in [-0.1, -0.05) is 46.0 Å².